The lowest BCUT2D eigenvalue weighted by Crippen LogP contribution is -2.51. The average Bonchev–Trinajstić information content (AvgIpc) is 2.78. The van der Waals surface area contributed by atoms with Crippen molar-refractivity contribution in [2.75, 3.05) is 57.7 Å². The lowest BCUT2D eigenvalue weighted by atomic mass is 9.99. The minimum atomic E-state index is 0. The minimum Gasteiger partial charge on any atom is -0.495 e. The quantitative estimate of drug-likeness (QED) is 0.308. The van der Waals surface area contributed by atoms with Gasteiger partial charge in [0.25, 0.3) is 0 Å². The number of hydrogen-bond acceptors (Lipinski definition) is 5. The standard InChI is InChI=1S/C22H36N4O2S.HI/c1-4-23-21(24-17-22(29-3)11-14-28-15-12-22)25-18-8-7-13-26(16-18)19-9-5-6-10-20(19)27-2;/h5-6,9-10,18H,4,7-8,11-17H2,1-3H3,(H2,23,24,25);1H. The molecule has 0 amide bonds. The van der Waals surface area contributed by atoms with E-state index in [2.05, 4.69) is 40.8 Å². The molecule has 6 nitrogen and oxygen atoms in total. The Bertz CT molecular complexity index is 670. The van der Waals surface area contributed by atoms with Crippen LogP contribution in [0.3, 0.4) is 0 Å². The Morgan fingerprint density at radius 1 is 1.33 bits per heavy atom. The average molecular weight is 549 g/mol. The van der Waals surface area contributed by atoms with Gasteiger partial charge in [0.2, 0.25) is 0 Å². The summed E-state index contributed by atoms with van der Waals surface area (Å²) in [6.07, 6.45) is 6.65. The summed E-state index contributed by atoms with van der Waals surface area (Å²) in [6.45, 7) is 7.51. The van der Waals surface area contributed by atoms with Gasteiger partial charge in [0, 0.05) is 43.6 Å². The number of benzene rings is 1. The molecule has 3 rings (SSSR count). The van der Waals surface area contributed by atoms with Gasteiger partial charge in [0.15, 0.2) is 5.96 Å². The van der Waals surface area contributed by atoms with Gasteiger partial charge in [0.1, 0.15) is 5.75 Å². The van der Waals surface area contributed by atoms with E-state index in [-0.39, 0.29) is 28.7 Å². The van der Waals surface area contributed by atoms with Gasteiger partial charge in [-0.15, -0.1) is 24.0 Å². The first-order valence-corrected chi connectivity index (χ1v) is 12.0. The monoisotopic (exact) mass is 548 g/mol. The summed E-state index contributed by atoms with van der Waals surface area (Å²) in [7, 11) is 1.74. The Balaban J connectivity index is 0.00000320. The number of guanidine groups is 1. The van der Waals surface area contributed by atoms with E-state index in [0.29, 0.717) is 6.04 Å². The van der Waals surface area contributed by atoms with Gasteiger partial charge >= 0.3 is 0 Å². The zero-order valence-electron chi connectivity index (χ0n) is 18.5. The highest BCUT2D eigenvalue weighted by atomic mass is 127. The molecule has 30 heavy (non-hydrogen) atoms. The van der Waals surface area contributed by atoms with E-state index in [1.807, 2.05) is 23.9 Å². The number of para-hydroxylation sites is 2. The normalized spacial score (nSPS) is 21.5. The summed E-state index contributed by atoms with van der Waals surface area (Å²) >= 11 is 1.94. The SMILES string of the molecule is CCNC(=NCC1(SC)CCOCC1)NC1CCCN(c2ccccc2OC)C1.I. The van der Waals surface area contributed by atoms with Crippen molar-refractivity contribution in [3.63, 3.8) is 0 Å². The molecular formula is C22H37IN4O2S. The van der Waals surface area contributed by atoms with Crippen LogP contribution in [0.5, 0.6) is 5.75 Å². The highest BCUT2D eigenvalue weighted by Crippen LogP contribution is 2.34. The fourth-order valence-electron chi connectivity index (χ4n) is 4.11. The number of nitrogens with zero attached hydrogens (tertiary/aromatic N) is 2. The van der Waals surface area contributed by atoms with Crippen molar-refractivity contribution < 1.29 is 9.47 Å². The summed E-state index contributed by atoms with van der Waals surface area (Å²) in [5, 5.41) is 7.13. The molecule has 2 N–H and O–H groups in total. The first kappa shape index (κ1) is 25.4. The number of aliphatic imine (C=N–C) groups is 1. The molecule has 0 aromatic heterocycles. The van der Waals surface area contributed by atoms with Gasteiger partial charge in [0.05, 0.1) is 19.3 Å². The molecule has 2 aliphatic rings. The maximum atomic E-state index is 5.57. The number of piperidine rings is 1. The fraction of sp³-hybridized carbons (Fsp3) is 0.682. The molecule has 1 atom stereocenters. The van der Waals surface area contributed by atoms with E-state index in [1.165, 1.54) is 5.69 Å². The van der Waals surface area contributed by atoms with Crippen LogP contribution in [-0.2, 0) is 4.74 Å². The first-order valence-electron chi connectivity index (χ1n) is 10.8. The largest absolute Gasteiger partial charge is 0.495 e. The summed E-state index contributed by atoms with van der Waals surface area (Å²) in [4.78, 5) is 7.40. The van der Waals surface area contributed by atoms with E-state index < -0.39 is 0 Å². The smallest absolute Gasteiger partial charge is 0.191 e. The van der Waals surface area contributed by atoms with Crippen molar-refractivity contribution in [1.29, 1.82) is 0 Å². The molecule has 2 saturated heterocycles. The molecule has 0 saturated carbocycles. The van der Waals surface area contributed by atoms with Gasteiger partial charge in [-0.3, -0.25) is 4.99 Å². The molecule has 1 aromatic rings. The second-order valence-corrected chi connectivity index (χ2v) is 9.07. The van der Waals surface area contributed by atoms with Gasteiger partial charge in [-0.1, -0.05) is 12.1 Å². The summed E-state index contributed by atoms with van der Waals surface area (Å²) < 4.78 is 11.3. The third-order valence-electron chi connectivity index (χ3n) is 5.89. The molecule has 1 aromatic carbocycles. The molecule has 8 heteroatoms. The van der Waals surface area contributed by atoms with Gasteiger partial charge in [-0.05, 0) is 51.0 Å². The van der Waals surface area contributed by atoms with Crippen molar-refractivity contribution >= 4 is 47.4 Å². The summed E-state index contributed by atoms with van der Waals surface area (Å²) in [5.41, 5.74) is 1.17. The Morgan fingerprint density at radius 2 is 2.10 bits per heavy atom. The lowest BCUT2D eigenvalue weighted by Gasteiger charge is -2.37. The second kappa shape index (κ2) is 12.9. The van der Waals surface area contributed by atoms with Crippen LogP contribution in [0.15, 0.2) is 29.3 Å². The third-order valence-corrected chi connectivity index (χ3v) is 7.30. The molecule has 0 radical (unpaired) electrons. The number of halogens is 1. The Hall–Kier alpha value is -0.870. The summed E-state index contributed by atoms with van der Waals surface area (Å²) in [5.74, 6) is 1.87. The van der Waals surface area contributed by atoms with Gasteiger partial charge in [-0.2, -0.15) is 11.8 Å². The van der Waals surface area contributed by atoms with E-state index in [1.54, 1.807) is 7.11 Å². The highest BCUT2D eigenvalue weighted by Gasteiger charge is 2.32. The number of anilines is 1. The van der Waals surface area contributed by atoms with Crippen molar-refractivity contribution in [2.45, 2.75) is 43.4 Å². The molecule has 170 valence electrons. The predicted molar refractivity (Wildman–Crippen MR) is 139 cm³/mol. The van der Waals surface area contributed by atoms with E-state index >= 15 is 0 Å². The molecule has 2 aliphatic heterocycles. The topological polar surface area (TPSA) is 58.1 Å². The zero-order valence-corrected chi connectivity index (χ0v) is 21.6. The fourth-order valence-corrected chi connectivity index (χ4v) is 4.88. The predicted octanol–water partition coefficient (Wildman–Crippen LogP) is 3.75. The van der Waals surface area contributed by atoms with E-state index in [9.17, 15) is 0 Å². The summed E-state index contributed by atoms with van der Waals surface area (Å²) in [6, 6.07) is 8.65. The number of ether oxygens (including phenoxy) is 2. The van der Waals surface area contributed by atoms with Crippen LogP contribution >= 0.6 is 35.7 Å². The van der Waals surface area contributed by atoms with Crippen LogP contribution in [0.4, 0.5) is 5.69 Å². The Kier molecular flexibility index (Phi) is 10.9. The Labute approximate surface area is 203 Å². The van der Waals surface area contributed by atoms with Crippen LogP contribution in [0, 0.1) is 0 Å². The van der Waals surface area contributed by atoms with Crippen molar-refractivity contribution in [3.05, 3.63) is 24.3 Å². The van der Waals surface area contributed by atoms with E-state index in [0.717, 1.165) is 76.8 Å². The number of methoxy groups -OCH3 is 1. The molecule has 0 spiro atoms. The van der Waals surface area contributed by atoms with Crippen LogP contribution < -0.4 is 20.3 Å². The van der Waals surface area contributed by atoms with E-state index in [4.69, 9.17) is 14.5 Å². The molecule has 0 aliphatic carbocycles. The van der Waals surface area contributed by atoms with Gasteiger partial charge in [-0.25, -0.2) is 0 Å². The maximum Gasteiger partial charge on any atom is 0.191 e. The van der Waals surface area contributed by atoms with Crippen LogP contribution in [0.25, 0.3) is 0 Å². The second-order valence-electron chi connectivity index (χ2n) is 7.80. The number of rotatable bonds is 7. The van der Waals surface area contributed by atoms with Gasteiger partial charge < -0.3 is 25.0 Å². The van der Waals surface area contributed by atoms with Crippen LogP contribution in [0.1, 0.15) is 32.6 Å². The molecular weight excluding hydrogens is 511 g/mol. The third kappa shape index (κ3) is 6.82. The molecule has 1 unspecified atom stereocenters. The van der Waals surface area contributed by atoms with Crippen LogP contribution in [0.2, 0.25) is 0 Å². The minimum absolute atomic E-state index is 0. The van der Waals surface area contributed by atoms with Crippen molar-refractivity contribution in [1.82, 2.24) is 10.6 Å². The lowest BCUT2D eigenvalue weighted by molar-refractivity contribution is 0.0794. The molecule has 2 heterocycles. The molecule has 2 fully saturated rings. The molecule has 0 bridgehead atoms. The van der Waals surface area contributed by atoms with Crippen LogP contribution in [-0.4, -0.2) is 69.5 Å². The number of nitrogens with one attached hydrogen (secondary N) is 2. The first-order chi connectivity index (χ1) is 14.2. The highest BCUT2D eigenvalue weighted by molar-refractivity contribution is 14.0. The maximum absolute atomic E-state index is 5.57. The van der Waals surface area contributed by atoms with Crippen molar-refractivity contribution in [2.24, 2.45) is 4.99 Å². The Morgan fingerprint density at radius 3 is 2.80 bits per heavy atom. The zero-order chi connectivity index (χ0) is 20.5. The number of hydrogen-bond donors (Lipinski definition) is 2. The number of thioether (sulfide) groups is 1. The van der Waals surface area contributed by atoms with Crippen molar-refractivity contribution in [3.8, 4) is 5.75 Å².